The van der Waals surface area contributed by atoms with Gasteiger partial charge in [0.05, 0.1) is 36.3 Å². The summed E-state index contributed by atoms with van der Waals surface area (Å²) in [4.78, 5) is 19.6. The lowest BCUT2D eigenvalue weighted by Gasteiger charge is -2.22. The molecule has 0 bridgehead atoms. The number of aliphatic carboxylic acids is 1. The van der Waals surface area contributed by atoms with Crippen molar-refractivity contribution in [1.82, 2.24) is 9.97 Å². The standard InChI is InChI=1S/C22H28FN3O6S.C6H15N/c1-13(2)20-18(10-9-16(27)11-17(28)12-19(29)30)21(14-5-7-15(23)8-6-14)25-22(24-20)26(3)33(4,31)32;1-5(7)6(2,3)4/h5-10,13,16-17,27-28H,11-12H2,1-4H3,(H,29,30);5H,7H2,1-4H3/b10-9+;/t16-,17-;5-/m10/s1. The highest BCUT2D eigenvalue weighted by Gasteiger charge is 2.22. The number of sulfonamides is 1. The third-order valence-corrected chi connectivity index (χ3v) is 7.34. The van der Waals surface area contributed by atoms with Crippen LogP contribution in [0.15, 0.2) is 30.3 Å². The molecule has 3 atom stereocenters. The second-order valence-electron chi connectivity index (χ2n) is 11.1. The Labute approximate surface area is 236 Å². The maximum atomic E-state index is 13.5. The van der Waals surface area contributed by atoms with Crippen molar-refractivity contribution in [2.75, 3.05) is 17.6 Å². The molecule has 10 nitrogen and oxygen atoms in total. The fourth-order valence-electron chi connectivity index (χ4n) is 3.05. The fourth-order valence-corrected chi connectivity index (χ4v) is 3.42. The van der Waals surface area contributed by atoms with Gasteiger partial charge in [0.25, 0.3) is 0 Å². The van der Waals surface area contributed by atoms with E-state index < -0.39 is 40.4 Å². The lowest BCUT2D eigenvalue weighted by Crippen LogP contribution is -2.31. The van der Waals surface area contributed by atoms with Crippen LogP contribution >= 0.6 is 0 Å². The predicted molar refractivity (Wildman–Crippen MR) is 156 cm³/mol. The Morgan fingerprint density at radius 3 is 2.08 bits per heavy atom. The molecule has 40 heavy (non-hydrogen) atoms. The van der Waals surface area contributed by atoms with Crippen molar-refractivity contribution in [2.45, 2.75) is 78.6 Å². The molecule has 1 heterocycles. The summed E-state index contributed by atoms with van der Waals surface area (Å²) in [5.74, 6) is -1.87. The number of carbonyl (C=O) groups is 1. The van der Waals surface area contributed by atoms with Gasteiger partial charge < -0.3 is 21.1 Å². The van der Waals surface area contributed by atoms with Crippen LogP contribution in [0.5, 0.6) is 0 Å². The van der Waals surface area contributed by atoms with Crippen LogP contribution in [-0.2, 0) is 14.8 Å². The van der Waals surface area contributed by atoms with Gasteiger partial charge in [0.15, 0.2) is 0 Å². The number of benzene rings is 1. The van der Waals surface area contributed by atoms with Crippen molar-refractivity contribution in [2.24, 2.45) is 11.1 Å². The molecule has 12 heteroatoms. The van der Waals surface area contributed by atoms with Crippen molar-refractivity contribution in [3.05, 3.63) is 47.4 Å². The molecule has 0 fully saturated rings. The Bertz CT molecular complexity index is 1260. The zero-order valence-corrected chi connectivity index (χ0v) is 25.3. The molecule has 0 aliphatic heterocycles. The van der Waals surface area contributed by atoms with Crippen molar-refractivity contribution in [1.29, 1.82) is 0 Å². The first-order chi connectivity index (χ1) is 18.2. The number of aliphatic hydroxyl groups excluding tert-OH is 2. The summed E-state index contributed by atoms with van der Waals surface area (Å²) >= 11 is 0. The van der Waals surface area contributed by atoms with Crippen LogP contribution in [-0.4, -0.2) is 71.2 Å². The van der Waals surface area contributed by atoms with E-state index in [4.69, 9.17) is 10.8 Å². The Morgan fingerprint density at radius 2 is 1.65 bits per heavy atom. The summed E-state index contributed by atoms with van der Waals surface area (Å²) in [6, 6.07) is 5.79. The van der Waals surface area contributed by atoms with Crippen LogP contribution in [0.2, 0.25) is 0 Å². The van der Waals surface area contributed by atoms with Gasteiger partial charge in [0, 0.05) is 30.6 Å². The largest absolute Gasteiger partial charge is 0.481 e. The zero-order valence-electron chi connectivity index (χ0n) is 24.5. The number of nitrogens with zero attached hydrogens (tertiary/aromatic N) is 3. The molecule has 2 rings (SSSR count). The van der Waals surface area contributed by atoms with Crippen LogP contribution in [0.25, 0.3) is 17.3 Å². The van der Waals surface area contributed by atoms with Crippen LogP contribution in [0.3, 0.4) is 0 Å². The Hall–Kier alpha value is -2.93. The maximum absolute atomic E-state index is 13.5. The highest BCUT2D eigenvalue weighted by atomic mass is 32.2. The minimum Gasteiger partial charge on any atom is -0.481 e. The summed E-state index contributed by atoms with van der Waals surface area (Å²) in [5, 5.41) is 28.8. The highest BCUT2D eigenvalue weighted by Crippen LogP contribution is 2.31. The fraction of sp³-hybridized carbons (Fsp3) is 0.536. The lowest BCUT2D eigenvalue weighted by atomic mass is 9.89. The molecule has 0 amide bonds. The summed E-state index contributed by atoms with van der Waals surface area (Å²) in [7, 11) is -2.33. The molecule has 0 spiro atoms. The number of hydrogen-bond acceptors (Lipinski definition) is 8. The Kier molecular flexibility index (Phi) is 12.8. The van der Waals surface area contributed by atoms with E-state index in [0.717, 1.165) is 10.6 Å². The Morgan fingerprint density at radius 1 is 1.12 bits per heavy atom. The smallest absolute Gasteiger partial charge is 0.305 e. The van der Waals surface area contributed by atoms with E-state index in [9.17, 15) is 27.8 Å². The lowest BCUT2D eigenvalue weighted by molar-refractivity contribution is -0.139. The van der Waals surface area contributed by atoms with E-state index >= 15 is 0 Å². The van der Waals surface area contributed by atoms with E-state index in [-0.39, 0.29) is 23.7 Å². The summed E-state index contributed by atoms with van der Waals surface area (Å²) in [6.07, 6.45) is 0.860. The number of rotatable bonds is 10. The molecule has 0 aliphatic carbocycles. The third-order valence-electron chi connectivity index (χ3n) is 6.18. The zero-order chi connectivity index (χ0) is 31.0. The second-order valence-corrected chi connectivity index (χ2v) is 13.1. The third kappa shape index (κ3) is 11.3. The summed E-state index contributed by atoms with van der Waals surface area (Å²) < 4.78 is 38.6. The van der Waals surface area contributed by atoms with Gasteiger partial charge in [-0.3, -0.25) is 4.79 Å². The molecule has 224 valence electrons. The van der Waals surface area contributed by atoms with Crippen molar-refractivity contribution in [3.8, 4) is 11.3 Å². The van der Waals surface area contributed by atoms with E-state index in [1.807, 2.05) is 20.8 Å². The van der Waals surface area contributed by atoms with Crippen molar-refractivity contribution >= 4 is 28.0 Å². The monoisotopic (exact) mass is 582 g/mol. The van der Waals surface area contributed by atoms with E-state index in [2.05, 4.69) is 30.7 Å². The maximum Gasteiger partial charge on any atom is 0.305 e. The van der Waals surface area contributed by atoms with Crippen LogP contribution in [0.4, 0.5) is 10.3 Å². The van der Waals surface area contributed by atoms with Crippen LogP contribution in [0.1, 0.15) is 71.6 Å². The second kappa shape index (κ2) is 14.6. The van der Waals surface area contributed by atoms with Gasteiger partial charge in [-0.15, -0.1) is 0 Å². The molecule has 0 aliphatic rings. The molecular weight excluding hydrogens is 539 g/mol. The van der Waals surface area contributed by atoms with Gasteiger partial charge in [0.2, 0.25) is 16.0 Å². The molecule has 0 unspecified atom stereocenters. The average Bonchev–Trinajstić information content (AvgIpc) is 2.80. The molecule has 0 radical (unpaired) electrons. The first-order valence-electron chi connectivity index (χ1n) is 12.9. The van der Waals surface area contributed by atoms with Gasteiger partial charge in [-0.05, 0) is 42.5 Å². The van der Waals surface area contributed by atoms with Gasteiger partial charge in [-0.2, -0.15) is 0 Å². The number of carboxylic acid groups (broad SMARTS) is 1. The minimum atomic E-state index is -3.65. The van der Waals surface area contributed by atoms with Crippen molar-refractivity contribution in [3.63, 3.8) is 0 Å². The minimum absolute atomic E-state index is 0.0601. The normalized spacial score (nSPS) is 14.4. The number of aliphatic hydroxyl groups is 2. The first kappa shape index (κ1) is 35.1. The van der Waals surface area contributed by atoms with Gasteiger partial charge >= 0.3 is 5.97 Å². The topological polar surface area (TPSA) is 167 Å². The predicted octanol–water partition coefficient (Wildman–Crippen LogP) is 3.78. The van der Waals surface area contributed by atoms with E-state index in [1.54, 1.807) is 0 Å². The number of hydrogen-bond donors (Lipinski definition) is 4. The molecule has 2 aromatic rings. The average molecular weight is 583 g/mol. The quantitative estimate of drug-likeness (QED) is 0.326. The number of anilines is 1. The molecular formula is C28H43FN4O6S. The molecule has 0 saturated carbocycles. The van der Waals surface area contributed by atoms with E-state index in [1.165, 1.54) is 43.5 Å². The molecule has 0 saturated heterocycles. The van der Waals surface area contributed by atoms with Crippen molar-refractivity contribution < 1.29 is 32.9 Å². The van der Waals surface area contributed by atoms with Gasteiger partial charge in [-0.1, -0.05) is 46.8 Å². The number of carboxylic acids is 1. The van der Waals surface area contributed by atoms with Crippen LogP contribution in [0, 0.1) is 11.2 Å². The molecule has 5 N–H and O–H groups in total. The number of aromatic nitrogens is 2. The first-order valence-corrected chi connectivity index (χ1v) is 14.7. The SMILES string of the molecule is CC(C)c1nc(N(C)S(C)(=O)=O)nc(-c2ccc(F)cc2)c1/C=C/[C@@H](O)C[C@@H](O)CC(=O)O.C[C@H](N)C(C)(C)C. The summed E-state index contributed by atoms with van der Waals surface area (Å²) in [5.41, 5.74) is 7.65. The Balaban J connectivity index is 0.00000101. The summed E-state index contributed by atoms with van der Waals surface area (Å²) in [6.45, 7) is 12.1. The highest BCUT2D eigenvalue weighted by molar-refractivity contribution is 7.92. The number of halogens is 1. The van der Waals surface area contributed by atoms with Gasteiger partial charge in [-0.25, -0.2) is 27.1 Å². The number of nitrogens with two attached hydrogens (primary N) is 1. The molecule has 1 aromatic heterocycles. The van der Waals surface area contributed by atoms with Gasteiger partial charge in [0.1, 0.15) is 5.82 Å². The van der Waals surface area contributed by atoms with Crippen LogP contribution < -0.4 is 10.0 Å². The van der Waals surface area contributed by atoms with E-state index in [0.29, 0.717) is 28.6 Å². The molecule has 1 aromatic carbocycles.